The van der Waals surface area contributed by atoms with Crippen LogP contribution in [0, 0.1) is 51.4 Å². The normalized spacial score (nSPS) is 41.1. The van der Waals surface area contributed by atoms with Crippen LogP contribution >= 0.6 is 0 Å². The summed E-state index contributed by atoms with van der Waals surface area (Å²) in [4.78, 5) is 44.2. The molecule has 0 aromatic heterocycles. The Bertz CT molecular complexity index is 1240. The number of amides is 2. The van der Waals surface area contributed by atoms with Gasteiger partial charge in [-0.2, -0.15) is 0 Å². The number of hydrogen-bond acceptors (Lipinski definition) is 3. The lowest BCUT2D eigenvalue weighted by Gasteiger charge is -2.68. The zero-order valence-electron chi connectivity index (χ0n) is 25.1. The Morgan fingerprint density at radius 3 is 2.31 bits per heavy atom. The van der Waals surface area contributed by atoms with Gasteiger partial charge in [-0.1, -0.05) is 60.1 Å². The van der Waals surface area contributed by atoms with Gasteiger partial charge in [0.2, 0.25) is 5.70 Å². The highest BCUT2D eigenvalue weighted by Crippen LogP contribution is 2.74. The van der Waals surface area contributed by atoms with Crippen molar-refractivity contribution in [1.29, 1.82) is 0 Å². The molecule has 0 aliphatic heterocycles. The maximum Gasteiger partial charge on any atom is 0.315 e. The molecule has 0 aromatic carbocycles. The van der Waals surface area contributed by atoms with Crippen molar-refractivity contribution in [2.24, 2.45) is 33.0 Å². The molecule has 2 radical (unpaired) electrons. The summed E-state index contributed by atoms with van der Waals surface area (Å²) >= 11 is 0. The highest BCUT2D eigenvalue weighted by atomic mass is 16.2. The predicted molar refractivity (Wildman–Crippen MR) is 152 cm³/mol. The number of fused-ring (bicyclic) bond motifs is 7. The number of carbonyl (C=O) groups excluding carboxylic acids is 3. The van der Waals surface area contributed by atoms with Crippen molar-refractivity contribution in [2.75, 3.05) is 6.54 Å². The van der Waals surface area contributed by atoms with E-state index in [1.807, 2.05) is 32.9 Å². The Labute approximate surface area is 234 Å². The van der Waals surface area contributed by atoms with Crippen LogP contribution in [-0.2, 0) is 9.59 Å². The molecule has 210 valence electrons. The van der Waals surface area contributed by atoms with Crippen LogP contribution < -0.4 is 10.6 Å². The Kier molecular flexibility index (Phi) is 6.16. The maximum absolute atomic E-state index is 14.4. The number of Topliss-reactive ketones (excluding diaryl/α,β-unsaturated/α-hetero) is 1. The van der Waals surface area contributed by atoms with Crippen LogP contribution in [0.1, 0.15) is 100 Å². The quantitative estimate of drug-likeness (QED) is 0.397. The smallest absolute Gasteiger partial charge is 0.315 e. The minimum absolute atomic E-state index is 0.0311. The molecular weight excluding hydrogens is 486 g/mol. The van der Waals surface area contributed by atoms with Gasteiger partial charge in [0, 0.05) is 28.8 Å². The highest BCUT2D eigenvalue weighted by Gasteiger charge is 2.70. The molecule has 5 atom stereocenters. The summed E-state index contributed by atoms with van der Waals surface area (Å²) in [7, 11) is 0. The van der Waals surface area contributed by atoms with E-state index >= 15 is 0 Å². The van der Waals surface area contributed by atoms with Crippen LogP contribution in [0.2, 0.25) is 0 Å². The highest BCUT2D eigenvalue weighted by molar-refractivity contribution is 6.08. The SMILES string of the molecule is [C-]#[N+]C1=C[C@]2(C)C3=CC(=O)[C]4[C]5CC(C)(C)CC[C@]5(NC(=O)NCC)CC[C@@]4(C)[C@]3(C)CC[C@H]2C(C)(C)C1=O. The third-order valence-corrected chi connectivity index (χ3v) is 11.9. The Balaban J connectivity index is 1.66. The average Bonchev–Trinajstić information content (AvgIpc) is 2.84. The van der Waals surface area contributed by atoms with Crippen LogP contribution in [-0.4, -0.2) is 29.7 Å². The molecule has 5 rings (SSSR count). The molecule has 3 fully saturated rings. The molecule has 5 aliphatic rings. The minimum Gasteiger partial charge on any atom is -0.338 e. The summed E-state index contributed by atoms with van der Waals surface area (Å²) in [5.41, 5.74) is -1.07. The predicted octanol–water partition coefficient (Wildman–Crippen LogP) is 6.55. The van der Waals surface area contributed by atoms with Crippen molar-refractivity contribution in [3.05, 3.63) is 46.7 Å². The number of allylic oxidation sites excluding steroid dienone is 4. The zero-order valence-corrected chi connectivity index (χ0v) is 25.1. The second-order valence-corrected chi connectivity index (χ2v) is 14.9. The Morgan fingerprint density at radius 1 is 1.00 bits per heavy atom. The van der Waals surface area contributed by atoms with Crippen LogP contribution in [0.5, 0.6) is 0 Å². The molecule has 5 aliphatic carbocycles. The van der Waals surface area contributed by atoms with E-state index in [-0.39, 0.29) is 40.0 Å². The van der Waals surface area contributed by atoms with Gasteiger partial charge in [-0.15, -0.1) is 0 Å². The number of ketones is 2. The van der Waals surface area contributed by atoms with E-state index in [1.165, 1.54) is 0 Å². The molecule has 0 heterocycles. The summed E-state index contributed by atoms with van der Waals surface area (Å²) < 4.78 is 0. The fraction of sp³-hybridized carbons (Fsp3) is 0.697. The molecular formula is C33H45N3O3. The summed E-state index contributed by atoms with van der Waals surface area (Å²) in [5, 5.41) is 6.27. The molecule has 6 heteroatoms. The van der Waals surface area contributed by atoms with Gasteiger partial charge < -0.3 is 15.4 Å². The van der Waals surface area contributed by atoms with Gasteiger partial charge in [0.1, 0.15) is 0 Å². The van der Waals surface area contributed by atoms with Gasteiger partial charge in [0.25, 0.3) is 0 Å². The fourth-order valence-electron chi connectivity index (χ4n) is 9.51. The first-order valence-electron chi connectivity index (χ1n) is 14.7. The van der Waals surface area contributed by atoms with E-state index in [2.05, 4.69) is 50.1 Å². The Hall–Kier alpha value is -2.42. The van der Waals surface area contributed by atoms with Crippen LogP contribution in [0.25, 0.3) is 4.85 Å². The molecule has 3 saturated carbocycles. The molecule has 6 nitrogen and oxygen atoms in total. The number of hydrogen-bond donors (Lipinski definition) is 2. The van der Waals surface area contributed by atoms with Crippen LogP contribution in [0.4, 0.5) is 4.79 Å². The summed E-state index contributed by atoms with van der Waals surface area (Å²) in [5.74, 6) is 2.04. The summed E-state index contributed by atoms with van der Waals surface area (Å²) in [6.45, 7) is 25.5. The van der Waals surface area contributed by atoms with Gasteiger partial charge in [-0.25, -0.2) is 9.64 Å². The van der Waals surface area contributed by atoms with Gasteiger partial charge in [-0.05, 0) is 80.1 Å². The van der Waals surface area contributed by atoms with Gasteiger partial charge in [0.15, 0.2) is 11.6 Å². The summed E-state index contributed by atoms with van der Waals surface area (Å²) in [6.07, 6.45) is 9.75. The monoisotopic (exact) mass is 531 g/mol. The first-order chi connectivity index (χ1) is 18.0. The average molecular weight is 532 g/mol. The number of rotatable bonds is 2. The minimum atomic E-state index is -0.667. The van der Waals surface area contributed by atoms with Crippen molar-refractivity contribution in [2.45, 2.75) is 106 Å². The largest absolute Gasteiger partial charge is 0.338 e. The van der Waals surface area contributed by atoms with Crippen molar-refractivity contribution in [1.82, 2.24) is 10.6 Å². The maximum atomic E-state index is 14.4. The number of carbonyl (C=O) groups is 3. The fourth-order valence-corrected chi connectivity index (χ4v) is 9.51. The van der Waals surface area contributed by atoms with Crippen molar-refractivity contribution in [3.63, 3.8) is 0 Å². The molecule has 0 aromatic rings. The van der Waals surface area contributed by atoms with E-state index in [0.717, 1.165) is 62.4 Å². The van der Waals surface area contributed by atoms with Crippen LogP contribution in [0.3, 0.4) is 0 Å². The van der Waals surface area contributed by atoms with Crippen LogP contribution in [0.15, 0.2) is 23.4 Å². The third kappa shape index (κ3) is 3.67. The molecule has 2 amide bonds. The van der Waals surface area contributed by atoms with Crippen molar-refractivity contribution >= 4 is 17.6 Å². The van der Waals surface area contributed by atoms with Crippen molar-refractivity contribution < 1.29 is 14.4 Å². The topological polar surface area (TPSA) is 79.6 Å². The first-order valence-corrected chi connectivity index (χ1v) is 14.7. The number of urea groups is 1. The third-order valence-electron chi connectivity index (χ3n) is 11.9. The second-order valence-electron chi connectivity index (χ2n) is 14.9. The standard InChI is InChI=1S/C33H45N3O3/c1-10-35-27(39)36-33-15-13-28(2,3)18-20(33)25-22(37)17-24-30(6)19-21(34-9)26(38)29(4,5)23(30)11-12-31(24,7)32(25,8)14-16-33/h17,19,23H,10-16,18H2,1-8H3,(H2,35,36,39)/t23-,30-,31+,32+,33-/m0/s1. The van der Waals surface area contributed by atoms with E-state index in [1.54, 1.807) is 0 Å². The van der Waals surface area contributed by atoms with Crippen molar-refractivity contribution in [3.8, 4) is 0 Å². The van der Waals surface area contributed by atoms with Gasteiger partial charge in [-0.3, -0.25) is 4.79 Å². The molecule has 39 heavy (non-hydrogen) atoms. The van der Waals surface area contributed by atoms with E-state index in [4.69, 9.17) is 6.57 Å². The lowest BCUT2D eigenvalue weighted by molar-refractivity contribution is -0.133. The number of nitrogens with one attached hydrogen (secondary N) is 2. The van der Waals surface area contributed by atoms with E-state index in [0.29, 0.717) is 6.54 Å². The molecule has 2 N–H and O–H groups in total. The van der Waals surface area contributed by atoms with E-state index < -0.39 is 21.8 Å². The molecule has 0 spiro atoms. The summed E-state index contributed by atoms with van der Waals surface area (Å²) in [6, 6.07) is -0.163. The zero-order chi connectivity index (χ0) is 28.8. The number of nitrogens with zero attached hydrogens (tertiary/aromatic N) is 1. The molecule has 0 saturated heterocycles. The van der Waals surface area contributed by atoms with Gasteiger partial charge >= 0.3 is 6.03 Å². The molecule has 0 bridgehead atoms. The lowest BCUT2D eigenvalue weighted by Crippen LogP contribution is -2.68. The van der Waals surface area contributed by atoms with E-state index in [9.17, 15) is 14.4 Å². The van der Waals surface area contributed by atoms with Gasteiger partial charge in [0.05, 0.1) is 12.5 Å². The Morgan fingerprint density at radius 2 is 1.67 bits per heavy atom. The molecule has 0 unspecified atom stereocenters. The first kappa shape index (κ1) is 28.1. The second kappa shape index (κ2) is 8.54. The lowest BCUT2D eigenvalue weighted by atomic mass is 9.35.